The second-order valence-corrected chi connectivity index (χ2v) is 7.77. The van der Waals surface area contributed by atoms with Crippen molar-refractivity contribution in [2.75, 3.05) is 0 Å². The van der Waals surface area contributed by atoms with E-state index in [0.29, 0.717) is 5.69 Å². The van der Waals surface area contributed by atoms with Crippen LogP contribution in [0.15, 0.2) is 12.1 Å². The van der Waals surface area contributed by atoms with E-state index in [9.17, 15) is 9.59 Å². The molecule has 1 N–H and O–H groups in total. The fourth-order valence-electron chi connectivity index (χ4n) is 2.18. The molecule has 2 aromatic rings. The zero-order valence-corrected chi connectivity index (χ0v) is 14.6. The van der Waals surface area contributed by atoms with Gasteiger partial charge in [0.25, 0.3) is 5.91 Å². The molecule has 0 saturated carbocycles. The summed E-state index contributed by atoms with van der Waals surface area (Å²) in [7, 11) is 1.82. The van der Waals surface area contributed by atoms with E-state index in [4.69, 9.17) is 4.74 Å². The van der Waals surface area contributed by atoms with Gasteiger partial charge in [-0.05, 0) is 46.8 Å². The van der Waals surface area contributed by atoms with E-state index < -0.39 is 12.1 Å². The summed E-state index contributed by atoms with van der Waals surface area (Å²) in [5, 5.41) is 2.80. The van der Waals surface area contributed by atoms with Gasteiger partial charge in [0.05, 0.1) is 10.2 Å². The van der Waals surface area contributed by atoms with E-state index in [1.807, 2.05) is 46.9 Å². The lowest BCUT2D eigenvalue weighted by atomic mass is 10.1. The zero-order chi connectivity index (χ0) is 16.7. The van der Waals surface area contributed by atoms with Crippen molar-refractivity contribution in [1.29, 1.82) is 0 Å². The van der Waals surface area contributed by atoms with Gasteiger partial charge in [-0.2, -0.15) is 0 Å². The first-order valence-corrected chi connectivity index (χ1v) is 7.99. The second-order valence-electron chi connectivity index (χ2n) is 6.48. The van der Waals surface area contributed by atoms with Gasteiger partial charge < -0.3 is 14.6 Å². The number of rotatable bonds is 3. The zero-order valence-electron chi connectivity index (χ0n) is 13.8. The first kappa shape index (κ1) is 16.5. The van der Waals surface area contributed by atoms with Crippen LogP contribution in [-0.2, 0) is 16.6 Å². The first-order valence-electron chi connectivity index (χ1n) is 7.17. The SMILES string of the molecule is Cc1cc2c(cc(C(=O)OC(C)C(=O)NC(C)(C)C)n2C)s1. The van der Waals surface area contributed by atoms with Gasteiger partial charge in [0.1, 0.15) is 5.69 Å². The Morgan fingerprint density at radius 2 is 1.95 bits per heavy atom. The number of amides is 1. The highest BCUT2D eigenvalue weighted by molar-refractivity contribution is 7.19. The number of carbonyl (C=O) groups excluding carboxylic acids is 2. The van der Waals surface area contributed by atoms with Crippen LogP contribution in [0.5, 0.6) is 0 Å². The Morgan fingerprint density at radius 1 is 1.32 bits per heavy atom. The molecule has 0 aliphatic heterocycles. The van der Waals surface area contributed by atoms with Crippen molar-refractivity contribution >= 4 is 33.4 Å². The molecule has 1 amide bonds. The third-order valence-electron chi connectivity index (χ3n) is 3.21. The minimum atomic E-state index is -0.832. The number of nitrogens with one attached hydrogen (secondary N) is 1. The summed E-state index contributed by atoms with van der Waals surface area (Å²) >= 11 is 1.63. The topological polar surface area (TPSA) is 60.3 Å². The molecule has 2 rings (SSSR count). The monoisotopic (exact) mass is 322 g/mol. The van der Waals surface area contributed by atoms with Gasteiger partial charge in [0, 0.05) is 17.5 Å². The highest BCUT2D eigenvalue weighted by atomic mass is 32.1. The van der Waals surface area contributed by atoms with Crippen molar-refractivity contribution in [2.45, 2.75) is 46.3 Å². The van der Waals surface area contributed by atoms with Crippen LogP contribution in [0.4, 0.5) is 0 Å². The lowest BCUT2D eigenvalue weighted by Gasteiger charge is -2.23. The molecule has 6 heteroatoms. The van der Waals surface area contributed by atoms with Crippen LogP contribution in [0.2, 0.25) is 0 Å². The average Bonchev–Trinajstić information content (AvgIpc) is 2.86. The van der Waals surface area contributed by atoms with Crippen molar-refractivity contribution in [3.63, 3.8) is 0 Å². The quantitative estimate of drug-likeness (QED) is 0.884. The molecule has 0 saturated heterocycles. The Bertz CT molecular complexity index is 722. The second kappa shape index (κ2) is 5.76. The minimum Gasteiger partial charge on any atom is -0.448 e. The van der Waals surface area contributed by atoms with Crippen LogP contribution in [0.3, 0.4) is 0 Å². The fraction of sp³-hybridized carbons (Fsp3) is 0.500. The molecule has 5 nitrogen and oxygen atoms in total. The first-order chi connectivity index (χ1) is 10.1. The molecule has 0 fully saturated rings. The molecule has 2 heterocycles. The summed E-state index contributed by atoms with van der Waals surface area (Å²) in [5.41, 5.74) is 1.10. The van der Waals surface area contributed by atoms with Crippen molar-refractivity contribution < 1.29 is 14.3 Å². The highest BCUT2D eigenvalue weighted by Gasteiger charge is 2.24. The molecule has 0 bridgehead atoms. The summed E-state index contributed by atoms with van der Waals surface area (Å²) in [6, 6.07) is 3.84. The lowest BCUT2D eigenvalue weighted by Crippen LogP contribution is -2.46. The van der Waals surface area contributed by atoms with Crippen molar-refractivity contribution in [3.8, 4) is 0 Å². The molecule has 22 heavy (non-hydrogen) atoms. The Labute approximate surface area is 134 Å². The Hall–Kier alpha value is -1.82. The van der Waals surface area contributed by atoms with Crippen LogP contribution in [0, 0.1) is 6.92 Å². The van der Waals surface area contributed by atoms with Crippen LogP contribution in [0.1, 0.15) is 43.1 Å². The summed E-state index contributed by atoms with van der Waals surface area (Å²) in [6.07, 6.45) is -0.832. The Balaban J connectivity index is 2.12. The Morgan fingerprint density at radius 3 is 2.50 bits per heavy atom. The fourth-order valence-corrected chi connectivity index (χ4v) is 3.17. The van der Waals surface area contributed by atoms with Gasteiger partial charge >= 0.3 is 5.97 Å². The maximum absolute atomic E-state index is 12.3. The number of fused-ring (bicyclic) bond motifs is 1. The molecule has 0 aromatic carbocycles. The molecule has 0 aliphatic carbocycles. The van der Waals surface area contributed by atoms with Gasteiger partial charge in [-0.1, -0.05) is 0 Å². The van der Waals surface area contributed by atoms with E-state index in [0.717, 1.165) is 10.2 Å². The smallest absolute Gasteiger partial charge is 0.355 e. The average molecular weight is 322 g/mol. The number of esters is 1. The maximum Gasteiger partial charge on any atom is 0.355 e. The molecular weight excluding hydrogens is 300 g/mol. The number of ether oxygens (including phenoxy) is 1. The van der Waals surface area contributed by atoms with Crippen LogP contribution < -0.4 is 5.32 Å². The molecule has 0 aliphatic rings. The molecule has 0 spiro atoms. The predicted molar refractivity (Wildman–Crippen MR) is 88.3 cm³/mol. The largest absolute Gasteiger partial charge is 0.448 e. The Kier molecular flexibility index (Phi) is 4.33. The minimum absolute atomic E-state index is 0.298. The molecule has 2 aromatic heterocycles. The molecular formula is C16H22N2O3S. The van der Waals surface area contributed by atoms with Gasteiger partial charge in [-0.15, -0.1) is 11.3 Å². The maximum atomic E-state index is 12.3. The van der Waals surface area contributed by atoms with Gasteiger partial charge in [0.2, 0.25) is 0 Å². The standard InChI is InChI=1S/C16H22N2O3S/c1-9-7-11-13(22-9)8-12(18(11)6)15(20)21-10(2)14(19)17-16(3,4)5/h7-8,10H,1-6H3,(H,17,19). The molecule has 1 atom stereocenters. The molecule has 120 valence electrons. The number of hydrogen-bond acceptors (Lipinski definition) is 4. The number of hydrogen-bond donors (Lipinski definition) is 1. The normalized spacial score (nSPS) is 13.2. The third kappa shape index (κ3) is 3.50. The highest BCUT2D eigenvalue weighted by Crippen LogP contribution is 2.28. The summed E-state index contributed by atoms with van der Waals surface area (Å²) < 4.78 is 8.13. The van der Waals surface area contributed by atoms with Gasteiger partial charge in [-0.3, -0.25) is 4.79 Å². The number of carbonyl (C=O) groups is 2. The van der Waals surface area contributed by atoms with E-state index in [1.54, 1.807) is 22.8 Å². The van der Waals surface area contributed by atoms with E-state index in [-0.39, 0.29) is 11.4 Å². The number of aromatic nitrogens is 1. The van der Waals surface area contributed by atoms with Crippen LogP contribution >= 0.6 is 11.3 Å². The van der Waals surface area contributed by atoms with Gasteiger partial charge in [0.15, 0.2) is 6.10 Å². The van der Waals surface area contributed by atoms with Crippen molar-refractivity contribution in [1.82, 2.24) is 9.88 Å². The van der Waals surface area contributed by atoms with E-state index in [2.05, 4.69) is 5.32 Å². The van der Waals surface area contributed by atoms with Gasteiger partial charge in [-0.25, -0.2) is 4.79 Å². The summed E-state index contributed by atoms with van der Waals surface area (Å²) in [5.74, 6) is -0.784. The predicted octanol–water partition coefficient (Wildman–Crippen LogP) is 3.01. The lowest BCUT2D eigenvalue weighted by molar-refractivity contribution is -0.130. The third-order valence-corrected chi connectivity index (χ3v) is 4.20. The van der Waals surface area contributed by atoms with E-state index in [1.165, 1.54) is 4.88 Å². The van der Waals surface area contributed by atoms with Crippen LogP contribution in [-0.4, -0.2) is 28.1 Å². The van der Waals surface area contributed by atoms with Crippen LogP contribution in [0.25, 0.3) is 10.2 Å². The molecule has 0 radical (unpaired) electrons. The van der Waals surface area contributed by atoms with E-state index >= 15 is 0 Å². The number of aryl methyl sites for hydroxylation is 2. The van der Waals surface area contributed by atoms with Crippen molar-refractivity contribution in [3.05, 3.63) is 22.7 Å². The summed E-state index contributed by atoms with van der Waals surface area (Å²) in [6.45, 7) is 9.25. The molecule has 1 unspecified atom stereocenters. The summed E-state index contributed by atoms with van der Waals surface area (Å²) in [4.78, 5) is 25.5. The van der Waals surface area contributed by atoms with Crippen molar-refractivity contribution in [2.24, 2.45) is 7.05 Å². The number of thiophene rings is 1. The number of nitrogens with zero attached hydrogens (tertiary/aromatic N) is 1.